The number of amides is 1. The van der Waals surface area contributed by atoms with E-state index in [-0.39, 0.29) is 18.3 Å². The lowest BCUT2D eigenvalue weighted by atomic mass is 10.2. The van der Waals surface area contributed by atoms with E-state index in [0.29, 0.717) is 30.4 Å². The summed E-state index contributed by atoms with van der Waals surface area (Å²) in [7, 11) is 0. The van der Waals surface area contributed by atoms with Crippen molar-refractivity contribution in [2.45, 2.75) is 19.8 Å². The lowest BCUT2D eigenvalue weighted by molar-refractivity contribution is -0.137. The fourth-order valence-corrected chi connectivity index (χ4v) is 2.98. The molecule has 0 atom stereocenters. The summed E-state index contributed by atoms with van der Waals surface area (Å²) < 4.78 is 10.0. The van der Waals surface area contributed by atoms with E-state index < -0.39 is 0 Å². The highest BCUT2D eigenvalue weighted by molar-refractivity contribution is 7.08. The molecule has 1 amide bonds. The van der Waals surface area contributed by atoms with E-state index in [4.69, 9.17) is 9.26 Å². The van der Waals surface area contributed by atoms with Crippen LogP contribution in [0, 0.1) is 0 Å². The maximum atomic E-state index is 12.1. The van der Waals surface area contributed by atoms with Crippen LogP contribution in [0.25, 0.3) is 17.5 Å². The van der Waals surface area contributed by atoms with Crippen LogP contribution in [0.5, 0.6) is 0 Å². The van der Waals surface area contributed by atoms with Gasteiger partial charge in [0.25, 0.3) is 0 Å². The fraction of sp³-hybridized carbons (Fsp3) is 0.200. The first-order chi connectivity index (χ1) is 13.6. The molecule has 0 fully saturated rings. The summed E-state index contributed by atoms with van der Waals surface area (Å²) in [5, 5.41) is 10.6. The molecule has 0 unspecified atom stereocenters. The van der Waals surface area contributed by atoms with Crippen molar-refractivity contribution in [1.29, 1.82) is 0 Å². The Morgan fingerprint density at radius 2 is 2.07 bits per heavy atom. The number of aryl methyl sites for hydroxylation is 1. The van der Waals surface area contributed by atoms with Gasteiger partial charge in [0.1, 0.15) is 0 Å². The molecule has 3 rings (SSSR count). The van der Waals surface area contributed by atoms with Crippen LogP contribution < -0.4 is 5.32 Å². The zero-order valence-electron chi connectivity index (χ0n) is 15.3. The van der Waals surface area contributed by atoms with Crippen LogP contribution in [0.15, 0.2) is 51.7 Å². The largest absolute Gasteiger partial charge is 0.463 e. The molecule has 0 saturated heterocycles. The van der Waals surface area contributed by atoms with Crippen LogP contribution in [0.3, 0.4) is 0 Å². The minimum Gasteiger partial charge on any atom is -0.463 e. The van der Waals surface area contributed by atoms with Crippen LogP contribution >= 0.6 is 11.3 Å². The molecule has 28 heavy (non-hydrogen) atoms. The van der Waals surface area contributed by atoms with Crippen molar-refractivity contribution in [3.63, 3.8) is 0 Å². The zero-order valence-corrected chi connectivity index (χ0v) is 16.1. The highest BCUT2D eigenvalue weighted by Gasteiger charge is 2.11. The van der Waals surface area contributed by atoms with Gasteiger partial charge in [0.15, 0.2) is 0 Å². The first-order valence-electron chi connectivity index (χ1n) is 8.74. The average Bonchev–Trinajstić information content (AvgIpc) is 3.38. The van der Waals surface area contributed by atoms with E-state index in [0.717, 1.165) is 11.1 Å². The molecule has 8 heteroatoms. The second-order valence-corrected chi connectivity index (χ2v) is 6.56. The van der Waals surface area contributed by atoms with Crippen molar-refractivity contribution in [3.8, 4) is 11.4 Å². The van der Waals surface area contributed by atoms with Gasteiger partial charge in [-0.1, -0.05) is 17.3 Å². The Labute approximate surface area is 166 Å². The smallest absolute Gasteiger partial charge is 0.330 e. The van der Waals surface area contributed by atoms with Gasteiger partial charge in [-0.25, -0.2) is 4.79 Å². The number of rotatable bonds is 8. The SMILES string of the molecule is CCOC(=O)/C=C/c1ccc(NC(=O)CCc2nc(-c3ccsc3)no2)cc1. The molecule has 3 aromatic rings. The van der Waals surface area contributed by atoms with E-state index in [1.165, 1.54) is 6.08 Å². The summed E-state index contributed by atoms with van der Waals surface area (Å²) in [6, 6.07) is 9.05. The van der Waals surface area contributed by atoms with Gasteiger partial charge in [0.2, 0.25) is 17.6 Å². The van der Waals surface area contributed by atoms with Gasteiger partial charge in [-0.2, -0.15) is 16.3 Å². The first kappa shape index (κ1) is 19.5. The molecule has 1 aromatic carbocycles. The fourth-order valence-electron chi connectivity index (χ4n) is 2.34. The average molecular weight is 397 g/mol. The molecule has 2 aromatic heterocycles. The lowest BCUT2D eigenvalue weighted by Gasteiger charge is -2.04. The summed E-state index contributed by atoms with van der Waals surface area (Å²) in [5.74, 6) is 0.423. The number of carbonyl (C=O) groups excluding carboxylic acids is 2. The minimum atomic E-state index is -0.386. The van der Waals surface area contributed by atoms with Crippen LogP contribution in [-0.2, 0) is 20.7 Å². The van der Waals surface area contributed by atoms with Crippen LogP contribution in [-0.4, -0.2) is 28.6 Å². The zero-order chi connectivity index (χ0) is 19.8. The topological polar surface area (TPSA) is 94.3 Å². The molecule has 0 saturated carbocycles. The Morgan fingerprint density at radius 3 is 2.79 bits per heavy atom. The third-order valence-electron chi connectivity index (χ3n) is 3.71. The Morgan fingerprint density at radius 1 is 1.25 bits per heavy atom. The van der Waals surface area contributed by atoms with E-state index in [1.807, 2.05) is 16.8 Å². The predicted molar refractivity (Wildman–Crippen MR) is 107 cm³/mol. The maximum Gasteiger partial charge on any atom is 0.330 e. The van der Waals surface area contributed by atoms with Gasteiger partial charge in [-0.15, -0.1) is 0 Å². The van der Waals surface area contributed by atoms with Gasteiger partial charge >= 0.3 is 5.97 Å². The predicted octanol–water partition coefficient (Wildman–Crippen LogP) is 3.95. The number of anilines is 1. The molecule has 2 heterocycles. The van der Waals surface area contributed by atoms with Crippen molar-refractivity contribution < 1.29 is 18.8 Å². The molecule has 144 valence electrons. The van der Waals surface area contributed by atoms with Crippen molar-refractivity contribution in [1.82, 2.24) is 10.1 Å². The first-order valence-corrected chi connectivity index (χ1v) is 9.68. The highest BCUT2D eigenvalue weighted by Crippen LogP contribution is 2.19. The second-order valence-electron chi connectivity index (χ2n) is 5.78. The number of hydrogen-bond acceptors (Lipinski definition) is 7. The monoisotopic (exact) mass is 397 g/mol. The molecule has 0 aliphatic heterocycles. The number of carbonyl (C=O) groups is 2. The van der Waals surface area contributed by atoms with Gasteiger partial charge in [-0.3, -0.25) is 4.79 Å². The molecule has 0 bridgehead atoms. The van der Waals surface area contributed by atoms with E-state index in [2.05, 4.69) is 15.5 Å². The molecule has 0 aliphatic rings. The quantitative estimate of drug-likeness (QED) is 0.457. The van der Waals surface area contributed by atoms with Crippen LogP contribution in [0.2, 0.25) is 0 Å². The number of thiophene rings is 1. The molecule has 0 spiro atoms. The van der Waals surface area contributed by atoms with Crippen LogP contribution in [0.1, 0.15) is 24.8 Å². The number of nitrogens with zero attached hydrogens (tertiary/aromatic N) is 2. The normalized spacial score (nSPS) is 10.9. The van der Waals surface area contributed by atoms with Gasteiger partial charge in [-0.05, 0) is 42.1 Å². The summed E-state index contributed by atoms with van der Waals surface area (Å²) in [6.45, 7) is 2.09. The number of nitrogens with one attached hydrogen (secondary N) is 1. The van der Waals surface area contributed by atoms with E-state index in [1.54, 1.807) is 48.6 Å². The molecule has 0 radical (unpaired) electrons. The number of hydrogen-bond donors (Lipinski definition) is 1. The third kappa shape index (κ3) is 5.62. The van der Waals surface area contributed by atoms with Crippen molar-refractivity contribution in [2.24, 2.45) is 0 Å². The Kier molecular flexibility index (Phi) is 6.69. The summed E-state index contributed by atoms with van der Waals surface area (Å²) in [6.07, 6.45) is 3.62. The molecular weight excluding hydrogens is 378 g/mol. The Hall–Kier alpha value is -3.26. The number of benzene rings is 1. The summed E-state index contributed by atoms with van der Waals surface area (Å²) in [4.78, 5) is 27.7. The number of esters is 1. The standard InChI is InChI=1S/C20H19N3O4S/c1-2-26-19(25)10-5-14-3-6-16(7-4-14)21-17(24)8-9-18-22-20(23-27-18)15-11-12-28-13-15/h3-7,10-13H,2,8-9H2,1H3,(H,21,24)/b10-5+. The van der Waals surface area contributed by atoms with Gasteiger partial charge < -0.3 is 14.6 Å². The molecule has 1 N–H and O–H groups in total. The molecule has 0 aliphatic carbocycles. The summed E-state index contributed by atoms with van der Waals surface area (Å²) in [5.41, 5.74) is 2.40. The second kappa shape index (κ2) is 9.61. The van der Waals surface area contributed by atoms with Crippen LogP contribution in [0.4, 0.5) is 5.69 Å². The highest BCUT2D eigenvalue weighted by atomic mass is 32.1. The maximum absolute atomic E-state index is 12.1. The van der Waals surface area contributed by atoms with Crippen molar-refractivity contribution in [3.05, 3.63) is 58.6 Å². The van der Waals surface area contributed by atoms with Crippen molar-refractivity contribution in [2.75, 3.05) is 11.9 Å². The van der Waals surface area contributed by atoms with Crippen molar-refractivity contribution >= 4 is 35.0 Å². The third-order valence-corrected chi connectivity index (χ3v) is 4.39. The number of ether oxygens (including phenoxy) is 1. The molecular formula is C20H19N3O4S. The lowest BCUT2D eigenvalue weighted by Crippen LogP contribution is -2.12. The molecule has 7 nitrogen and oxygen atoms in total. The van der Waals surface area contributed by atoms with Gasteiger partial charge in [0, 0.05) is 35.5 Å². The van der Waals surface area contributed by atoms with Gasteiger partial charge in [0.05, 0.1) is 6.61 Å². The van der Waals surface area contributed by atoms with E-state index in [9.17, 15) is 9.59 Å². The Bertz CT molecular complexity index is 946. The minimum absolute atomic E-state index is 0.148. The van der Waals surface area contributed by atoms with E-state index >= 15 is 0 Å². The number of aromatic nitrogens is 2. The summed E-state index contributed by atoms with van der Waals surface area (Å²) >= 11 is 1.56. The Balaban J connectivity index is 1.47.